The molecule has 0 bridgehead atoms. The van der Waals surface area contributed by atoms with E-state index >= 15 is 0 Å². The van der Waals surface area contributed by atoms with Gasteiger partial charge in [0.05, 0.1) is 12.2 Å². The van der Waals surface area contributed by atoms with Gasteiger partial charge >= 0.3 is 0 Å². The average molecular weight is 256 g/mol. The topological polar surface area (TPSA) is 26.3 Å². The molecule has 0 saturated carbocycles. The van der Waals surface area contributed by atoms with Gasteiger partial charge in [-0.15, -0.1) is 0 Å². The summed E-state index contributed by atoms with van der Waals surface area (Å²) in [6, 6.07) is 0. The minimum Gasteiger partial charge on any atom is -0.375 e. The first-order valence-electron chi connectivity index (χ1n) is 7.36. The highest BCUT2D eigenvalue weighted by molar-refractivity contribution is 5.52. The molecule has 0 aliphatic rings. The van der Waals surface area contributed by atoms with E-state index < -0.39 is 0 Å². The summed E-state index contributed by atoms with van der Waals surface area (Å²) in [5.74, 6) is 1.59. The lowest BCUT2D eigenvalue weighted by Gasteiger charge is -2.27. The van der Waals surface area contributed by atoms with Gasteiger partial charge in [-0.3, -0.25) is 0 Å². The molecule has 0 heterocycles. The summed E-state index contributed by atoms with van der Waals surface area (Å²) in [6.07, 6.45) is 5.82. The monoisotopic (exact) mass is 256 g/mol. The van der Waals surface area contributed by atoms with Crippen LogP contribution in [-0.4, -0.2) is 18.5 Å². The maximum Gasteiger partial charge on any atom is 0.125 e. The maximum atomic E-state index is 10.5. The van der Waals surface area contributed by atoms with E-state index in [1.54, 1.807) is 0 Å². The van der Waals surface area contributed by atoms with Crippen molar-refractivity contribution in [2.45, 2.75) is 72.8 Å². The summed E-state index contributed by atoms with van der Waals surface area (Å²) in [6.45, 7) is 13.6. The van der Waals surface area contributed by atoms with Gasteiger partial charge in [0, 0.05) is 5.92 Å². The van der Waals surface area contributed by atoms with E-state index in [0.29, 0.717) is 6.61 Å². The highest BCUT2D eigenvalue weighted by Gasteiger charge is 2.19. The van der Waals surface area contributed by atoms with Crippen LogP contribution in [0.25, 0.3) is 0 Å². The predicted molar refractivity (Wildman–Crippen MR) is 77.7 cm³/mol. The number of ether oxygens (including phenoxy) is 1. The average Bonchev–Trinajstić information content (AvgIpc) is 2.24. The molecule has 108 valence electrons. The number of aldehydes is 1. The third-order valence-electron chi connectivity index (χ3n) is 3.32. The Labute approximate surface area is 113 Å². The van der Waals surface area contributed by atoms with Gasteiger partial charge in [0.1, 0.15) is 6.29 Å². The fourth-order valence-corrected chi connectivity index (χ4v) is 2.27. The third kappa shape index (κ3) is 9.64. The first kappa shape index (κ1) is 17.6. The van der Waals surface area contributed by atoms with Crippen molar-refractivity contribution in [1.29, 1.82) is 0 Å². The zero-order chi connectivity index (χ0) is 14.2. The summed E-state index contributed by atoms with van der Waals surface area (Å²) in [7, 11) is 0. The Kier molecular flexibility index (Phi) is 8.51. The fourth-order valence-electron chi connectivity index (χ4n) is 2.27. The van der Waals surface area contributed by atoms with Crippen LogP contribution in [0, 0.1) is 17.8 Å². The van der Waals surface area contributed by atoms with Crippen LogP contribution in [0.15, 0.2) is 0 Å². The molecule has 2 atom stereocenters. The Morgan fingerprint density at radius 2 is 1.78 bits per heavy atom. The SMILES string of the molecule is CC(C)CC(C)CCCC(C)(C)OCC(C)C=O. The molecule has 0 radical (unpaired) electrons. The maximum absolute atomic E-state index is 10.5. The highest BCUT2D eigenvalue weighted by atomic mass is 16.5. The van der Waals surface area contributed by atoms with Crippen LogP contribution in [0.4, 0.5) is 0 Å². The van der Waals surface area contributed by atoms with Crippen LogP contribution in [0.1, 0.15) is 67.2 Å². The molecule has 2 heteroatoms. The van der Waals surface area contributed by atoms with E-state index in [9.17, 15) is 4.79 Å². The summed E-state index contributed by atoms with van der Waals surface area (Å²) in [5, 5.41) is 0. The van der Waals surface area contributed by atoms with Gasteiger partial charge < -0.3 is 9.53 Å². The molecule has 0 spiro atoms. The van der Waals surface area contributed by atoms with Crippen molar-refractivity contribution in [2.75, 3.05) is 6.61 Å². The van der Waals surface area contributed by atoms with E-state index in [4.69, 9.17) is 4.74 Å². The lowest BCUT2D eigenvalue weighted by atomic mass is 9.91. The molecule has 0 rings (SSSR count). The normalized spacial score (nSPS) is 15.7. The van der Waals surface area contributed by atoms with Gasteiger partial charge in [0.25, 0.3) is 0 Å². The highest BCUT2D eigenvalue weighted by Crippen LogP contribution is 2.23. The summed E-state index contributed by atoms with van der Waals surface area (Å²) < 4.78 is 5.81. The van der Waals surface area contributed by atoms with Gasteiger partial charge in [-0.05, 0) is 38.5 Å². The molecule has 18 heavy (non-hydrogen) atoms. The zero-order valence-electron chi connectivity index (χ0n) is 13.2. The first-order valence-corrected chi connectivity index (χ1v) is 7.36. The summed E-state index contributed by atoms with van der Waals surface area (Å²) in [4.78, 5) is 10.5. The first-order chi connectivity index (χ1) is 8.26. The van der Waals surface area contributed by atoms with Crippen LogP contribution < -0.4 is 0 Å². The van der Waals surface area contributed by atoms with Crippen molar-refractivity contribution in [3.8, 4) is 0 Å². The molecule has 0 aliphatic carbocycles. The molecule has 0 aromatic carbocycles. The minimum absolute atomic E-state index is 0.00383. The molecular weight excluding hydrogens is 224 g/mol. The molecule has 2 unspecified atom stereocenters. The number of hydrogen-bond acceptors (Lipinski definition) is 2. The Balaban J connectivity index is 3.78. The molecule has 2 nitrogen and oxygen atoms in total. The van der Waals surface area contributed by atoms with Gasteiger partial charge in [-0.1, -0.05) is 40.5 Å². The minimum atomic E-state index is -0.102. The van der Waals surface area contributed by atoms with E-state index in [1.807, 2.05) is 6.92 Å². The van der Waals surface area contributed by atoms with Crippen molar-refractivity contribution in [3.05, 3.63) is 0 Å². The van der Waals surface area contributed by atoms with E-state index in [0.717, 1.165) is 24.5 Å². The van der Waals surface area contributed by atoms with Crippen molar-refractivity contribution in [3.63, 3.8) is 0 Å². The van der Waals surface area contributed by atoms with Crippen molar-refractivity contribution in [1.82, 2.24) is 0 Å². The molecule has 0 aromatic heterocycles. The lowest BCUT2D eigenvalue weighted by molar-refractivity contribution is -0.115. The second-order valence-corrected chi connectivity index (χ2v) is 6.81. The molecule has 0 aromatic rings. The Bertz CT molecular complexity index is 221. The quantitative estimate of drug-likeness (QED) is 0.539. The van der Waals surface area contributed by atoms with Crippen molar-refractivity contribution >= 4 is 6.29 Å². The largest absolute Gasteiger partial charge is 0.375 e. The Morgan fingerprint density at radius 3 is 2.28 bits per heavy atom. The van der Waals surface area contributed by atoms with Gasteiger partial charge in [0.2, 0.25) is 0 Å². The second-order valence-electron chi connectivity index (χ2n) is 6.81. The third-order valence-corrected chi connectivity index (χ3v) is 3.32. The van der Waals surface area contributed by atoms with Crippen molar-refractivity contribution in [2.24, 2.45) is 17.8 Å². The number of carbonyl (C=O) groups excluding carboxylic acids is 1. The predicted octanol–water partition coefficient (Wildman–Crippen LogP) is 4.47. The van der Waals surface area contributed by atoms with E-state index in [-0.39, 0.29) is 11.5 Å². The molecular formula is C16H32O2. The van der Waals surface area contributed by atoms with Crippen molar-refractivity contribution < 1.29 is 9.53 Å². The standard InChI is InChI=1S/C16H32O2/c1-13(2)10-14(3)8-7-9-16(5,6)18-12-15(4)11-17/h11,13-15H,7-10,12H2,1-6H3. The van der Waals surface area contributed by atoms with Crippen LogP contribution in [0.2, 0.25) is 0 Å². The van der Waals surface area contributed by atoms with Gasteiger partial charge in [-0.25, -0.2) is 0 Å². The number of rotatable bonds is 10. The molecule has 0 amide bonds. The molecule has 0 fully saturated rings. The second kappa shape index (κ2) is 8.68. The van der Waals surface area contributed by atoms with Crippen LogP contribution in [0.5, 0.6) is 0 Å². The lowest BCUT2D eigenvalue weighted by Crippen LogP contribution is -2.27. The molecule has 0 aliphatic heterocycles. The van der Waals surface area contributed by atoms with Gasteiger partial charge in [-0.2, -0.15) is 0 Å². The molecule has 0 saturated heterocycles. The van der Waals surface area contributed by atoms with Crippen LogP contribution in [-0.2, 0) is 9.53 Å². The van der Waals surface area contributed by atoms with E-state index in [2.05, 4.69) is 34.6 Å². The molecule has 0 N–H and O–H groups in total. The smallest absolute Gasteiger partial charge is 0.125 e. The zero-order valence-corrected chi connectivity index (χ0v) is 13.2. The Morgan fingerprint density at radius 1 is 1.17 bits per heavy atom. The summed E-state index contributed by atoms with van der Waals surface area (Å²) in [5.41, 5.74) is -0.102. The van der Waals surface area contributed by atoms with E-state index in [1.165, 1.54) is 19.3 Å². The number of carbonyl (C=O) groups is 1. The Hall–Kier alpha value is -0.370. The van der Waals surface area contributed by atoms with Gasteiger partial charge in [0.15, 0.2) is 0 Å². The van der Waals surface area contributed by atoms with Crippen LogP contribution in [0.3, 0.4) is 0 Å². The van der Waals surface area contributed by atoms with Crippen LogP contribution >= 0.6 is 0 Å². The summed E-state index contributed by atoms with van der Waals surface area (Å²) >= 11 is 0. The number of hydrogen-bond donors (Lipinski definition) is 0. The fraction of sp³-hybridized carbons (Fsp3) is 0.938.